The molecule has 0 aliphatic carbocycles. The van der Waals surface area contributed by atoms with Gasteiger partial charge in [-0.15, -0.1) is 10.2 Å². The summed E-state index contributed by atoms with van der Waals surface area (Å²) in [5.74, 6) is 0.377. The molecule has 0 N–H and O–H groups in total. The third kappa shape index (κ3) is 2.75. The Morgan fingerprint density at radius 3 is 2.85 bits per heavy atom. The quantitative estimate of drug-likeness (QED) is 0.735. The van der Waals surface area contributed by atoms with Crippen LogP contribution in [0, 0.1) is 0 Å². The van der Waals surface area contributed by atoms with Gasteiger partial charge in [-0.05, 0) is 18.2 Å². The van der Waals surface area contributed by atoms with Gasteiger partial charge in [-0.1, -0.05) is 22.8 Å². The number of aromatic nitrogens is 4. The number of halogens is 1. The van der Waals surface area contributed by atoms with E-state index in [1.54, 1.807) is 18.3 Å². The molecule has 3 aromatic rings. The van der Waals surface area contributed by atoms with Crippen LogP contribution in [0.15, 0.2) is 47.3 Å². The summed E-state index contributed by atoms with van der Waals surface area (Å²) in [6.45, 7) is 0.256. The maximum absolute atomic E-state index is 5.65. The topological polar surface area (TPSA) is 73.9 Å². The molecule has 100 valence electrons. The van der Waals surface area contributed by atoms with Crippen LogP contribution in [0.3, 0.4) is 0 Å². The minimum atomic E-state index is 0.256. The first-order valence-electron chi connectivity index (χ1n) is 5.79. The molecule has 0 spiro atoms. The maximum Gasteiger partial charge on any atom is 0.233 e. The first kappa shape index (κ1) is 12.6. The zero-order valence-electron chi connectivity index (χ0n) is 10.2. The molecule has 3 heterocycles. The SMILES string of the molecule is Clc1ccc(OCc2conc2-c2ccccn2)nn1. The summed E-state index contributed by atoms with van der Waals surface area (Å²) in [7, 11) is 0. The monoisotopic (exact) mass is 288 g/mol. The Kier molecular flexibility index (Phi) is 3.56. The van der Waals surface area contributed by atoms with E-state index < -0.39 is 0 Å². The lowest BCUT2D eigenvalue weighted by molar-refractivity contribution is 0.289. The second-order valence-electron chi connectivity index (χ2n) is 3.89. The van der Waals surface area contributed by atoms with Gasteiger partial charge < -0.3 is 9.26 Å². The Morgan fingerprint density at radius 1 is 1.15 bits per heavy atom. The summed E-state index contributed by atoms with van der Waals surface area (Å²) in [4.78, 5) is 4.22. The van der Waals surface area contributed by atoms with Gasteiger partial charge in [0.15, 0.2) is 5.15 Å². The van der Waals surface area contributed by atoms with Crippen LogP contribution in [0.25, 0.3) is 11.4 Å². The van der Waals surface area contributed by atoms with Crippen molar-refractivity contribution in [2.75, 3.05) is 0 Å². The van der Waals surface area contributed by atoms with E-state index in [4.69, 9.17) is 20.9 Å². The fourth-order valence-electron chi connectivity index (χ4n) is 1.61. The highest BCUT2D eigenvalue weighted by Crippen LogP contribution is 2.21. The lowest BCUT2D eigenvalue weighted by atomic mass is 10.2. The van der Waals surface area contributed by atoms with Crippen LogP contribution in [0.5, 0.6) is 5.88 Å². The average molecular weight is 289 g/mol. The number of rotatable bonds is 4. The van der Waals surface area contributed by atoms with Crippen molar-refractivity contribution in [3.63, 3.8) is 0 Å². The highest BCUT2D eigenvalue weighted by molar-refractivity contribution is 6.29. The van der Waals surface area contributed by atoms with Gasteiger partial charge in [-0.2, -0.15) is 0 Å². The van der Waals surface area contributed by atoms with Crippen molar-refractivity contribution in [3.8, 4) is 17.3 Å². The summed E-state index contributed by atoms with van der Waals surface area (Å²) >= 11 is 5.65. The van der Waals surface area contributed by atoms with Crippen LogP contribution in [0.4, 0.5) is 0 Å². The number of ether oxygens (including phenoxy) is 1. The molecule has 3 rings (SSSR count). The molecule has 0 bridgehead atoms. The van der Waals surface area contributed by atoms with Crippen LogP contribution in [0.2, 0.25) is 5.15 Å². The standard InChI is InChI=1S/C13H9ClN4O2/c14-11-4-5-12(17-16-11)19-7-9-8-20-18-13(9)10-3-1-2-6-15-10/h1-6,8H,7H2. The molecule has 0 fully saturated rings. The molecular weight excluding hydrogens is 280 g/mol. The molecule has 0 saturated carbocycles. The Hall–Kier alpha value is -2.47. The molecular formula is C13H9ClN4O2. The van der Waals surface area contributed by atoms with Crippen molar-refractivity contribution >= 4 is 11.6 Å². The number of hydrogen-bond acceptors (Lipinski definition) is 6. The van der Waals surface area contributed by atoms with E-state index in [-0.39, 0.29) is 6.61 Å². The van der Waals surface area contributed by atoms with E-state index in [0.29, 0.717) is 16.7 Å². The predicted molar refractivity (Wildman–Crippen MR) is 71.1 cm³/mol. The first-order valence-corrected chi connectivity index (χ1v) is 6.17. The molecule has 20 heavy (non-hydrogen) atoms. The van der Waals surface area contributed by atoms with Crippen molar-refractivity contribution in [2.45, 2.75) is 6.61 Å². The Bertz CT molecular complexity index is 685. The molecule has 0 aliphatic rings. The van der Waals surface area contributed by atoms with Crippen LogP contribution < -0.4 is 4.74 Å². The van der Waals surface area contributed by atoms with Crippen LogP contribution in [-0.4, -0.2) is 20.3 Å². The predicted octanol–water partition coefficient (Wildman–Crippen LogP) is 2.76. The fourth-order valence-corrected chi connectivity index (χ4v) is 1.71. The van der Waals surface area contributed by atoms with Crippen molar-refractivity contribution in [1.82, 2.24) is 20.3 Å². The highest BCUT2D eigenvalue weighted by Gasteiger charge is 2.12. The van der Waals surface area contributed by atoms with Crippen molar-refractivity contribution in [2.24, 2.45) is 0 Å². The van der Waals surface area contributed by atoms with E-state index in [1.165, 1.54) is 6.26 Å². The summed E-state index contributed by atoms with van der Waals surface area (Å²) in [5.41, 5.74) is 2.15. The lowest BCUT2D eigenvalue weighted by Gasteiger charge is -2.03. The Morgan fingerprint density at radius 2 is 2.10 bits per heavy atom. The van der Waals surface area contributed by atoms with Gasteiger partial charge in [0.05, 0.1) is 11.3 Å². The summed E-state index contributed by atoms with van der Waals surface area (Å²) in [5, 5.41) is 11.8. The number of pyridine rings is 1. The zero-order valence-corrected chi connectivity index (χ0v) is 11.0. The van der Waals surface area contributed by atoms with Crippen molar-refractivity contribution < 1.29 is 9.26 Å². The minimum absolute atomic E-state index is 0.256. The maximum atomic E-state index is 5.65. The zero-order chi connectivity index (χ0) is 13.8. The summed E-state index contributed by atoms with van der Waals surface area (Å²) in [6.07, 6.45) is 3.21. The summed E-state index contributed by atoms with van der Waals surface area (Å²) in [6, 6.07) is 8.82. The number of hydrogen-bond donors (Lipinski definition) is 0. The molecule has 0 amide bonds. The lowest BCUT2D eigenvalue weighted by Crippen LogP contribution is -1.99. The number of nitrogens with zero attached hydrogens (tertiary/aromatic N) is 4. The minimum Gasteiger partial charge on any atom is -0.472 e. The van der Waals surface area contributed by atoms with Crippen LogP contribution >= 0.6 is 11.6 Å². The Balaban J connectivity index is 1.76. The second kappa shape index (κ2) is 5.66. The molecule has 6 nitrogen and oxygen atoms in total. The fraction of sp³-hybridized carbons (Fsp3) is 0.0769. The van der Waals surface area contributed by atoms with Gasteiger partial charge >= 0.3 is 0 Å². The van der Waals surface area contributed by atoms with Gasteiger partial charge in [-0.3, -0.25) is 4.98 Å². The average Bonchev–Trinajstić information content (AvgIpc) is 2.96. The largest absolute Gasteiger partial charge is 0.472 e. The third-order valence-corrected chi connectivity index (χ3v) is 2.74. The van der Waals surface area contributed by atoms with E-state index in [0.717, 1.165) is 11.3 Å². The Labute approximate surface area is 119 Å². The molecule has 0 atom stereocenters. The van der Waals surface area contributed by atoms with Gasteiger partial charge in [0.2, 0.25) is 5.88 Å². The molecule has 7 heteroatoms. The van der Waals surface area contributed by atoms with Crippen LogP contribution in [-0.2, 0) is 6.61 Å². The van der Waals surface area contributed by atoms with Gasteiger partial charge in [0.25, 0.3) is 0 Å². The van der Waals surface area contributed by atoms with Gasteiger partial charge in [-0.25, -0.2) is 0 Å². The van der Waals surface area contributed by atoms with Crippen molar-refractivity contribution in [1.29, 1.82) is 0 Å². The first-order chi connectivity index (χ1) is 9.83. The van der Waals surface area contributed by atoms with E-state index in [1.807, 2.05) is 18.2 Å². The van der Waals surface area contributed by atoms with E-state index in [9.17, 15) is 0 Å². The van der Waals surface area contributed by atoms with Gasteiger partial charge in [0, 0.05) is 12.3 Å². The third-order valence-electron chi connectivity index (χ3n) is 2.53. The summed E-state index contributed by atoms with van der Waals surface area (Å²) < 4.78 is 10.5. The van der Waals surface area contributed by atoms with Crippen molar-refractivity contribution in [3.05, 3.63) is 53.5 Å². The normalized spacial score (nSPS) is 10.4. The van der Waals surface area contributed by atoms with E-state index in [2.05, 4.69) is 20.3 Å². The van der Waals surface area contributed by atoms with Gasteiger partial charge in [0.1, 0.15) is 18.6 Å². The molecule has 3 aromatic heterocycles. The molecule has 0 aliphatic heterocycles. The van der Waals surface area contributed by atoms with Crippen LogP contribution in [0.1, 0.15) is 5.56 Å². The second-order valence-corrected chi connectivity index (χ2v) is 4.27. The molecule has 0 unspecified atom stereocenters. The molecule has 0 aromatic carbocycles. The van der Waals surface area contributed by atoms with E-state index >= 15 is 0 Å². The smallest absolute Gasteiger partial charge is 0.233 e. The molecule has 0 radical (unpaired) electrons. The molecule has 0 saturated heterocycles. The highest BCUT2D eigenvalue weighted by atomic mass is 35.5.